The van der Waals surface area contributed by atoms with Crippen LogP contribution in [-0.2, 0) is 19.1 Å². The van der Waals surface area contributed by atoms with E-state index < -0.39 is 11.9 Å². The van der Waals surface area contributed by atoms with Crippen molar-refractivity contribution in [2.75, 3.05) is 25.6 Å². The summed E-state index contributed by atoms with van der Waals surface area (Å²) in [5.41, 5.74) is 4.48. The normalized spacial score (nSPS) is 11.0. The van der Waals surface area contributed by atoms with Crippen LogP contribution in [0.1, 0.15) is 36.5 Å². The zero-order valence-corrected chi connectivity index (χ0v) is 18.5. The van der Waals surface area contributed by atoms with Gasteiger partial charge in [0.25, 0.3) is 0 Å². The number of anilines is 1. The minimum absolute atomic E-state index is 0.0254. The first-order valence-corrected chi connectivity index (χ1v) is 10.2. The van der Waals surface area contributed by atoms with Crippen molar-refractivity contribution in [3.63, 3.8) is 0 Å². The number of amides is 1. The third kappa shape index (κ3) is 5.24. The molecule has 3 rings (SSSR count). The Hall–Kier alpha value is -3.32. The maximum absolute atomic E-state index is 12.0. The number of aryl methyl sites for hydroxylation is 2. The van der Waals surface area contributed by atoms with Gasteiger partial charge in [0.15, 0.2) is 0 Å². The molecule has 0 bridgehead atoms. The second kappa shape index (κ2) is 9.66. The van der Waals surface area contributed by atoms with E-state index in [-0.39, 0.29) is 13.2 Å². The van der Waals surface area contributed by atoms with Crippen molar-refractivity contribution in [3.8, 4) is 11.5 Å². The number of aromatic nitrogens is 1. The molecule has 3 aromatic rings. The number of hydrogen-bond donors (Lipinski definition) is 2. The number of methoxy groups -OCH3 is 1. The molecule has 1 heterocycles. The van der Waals surface area contributed by atoms with Crippen LogP contribution < -0.4 is 10.1 Å². The lowest BCUT2D eigenvalue weighted by atomic mass is 10.0. The van der Waals surface area contributed by atoms with E-state index in [0.717, 1.165) is 27.8 Å². The molecule has 1 amide bonds. The fourth-order valence-corrected chi connectivity index (χ4v) is 3.43. The quantitative estimate of drug-likeness (QED) is 0.322. The van der Waals surface area contributed by atoms with E-state index in [4.69, 9.17) is 14.2 Å². The fraction of sp³-hybridized carbons (Fsp3) is 0.333. The van der Waals surface area contributed by atoms with Crippen LogP contribution in [0.15, 0.2) is 36.5 Å². The molecule has 0 aliphatic heterocycles. The number of benzene rings is 2. The molecule has 7 heteroatoms. The van der Waals surface area contributed by atoms with Crippen LogP contribution in [0.4, 0.5) is 5.69 Å². The highest BCUT2D eigenvalue weighted by molar-refractivity contribution is 6.37. The van der Waals surface area contributed by atoms with Crippen LogP contribution in [0.2, 0.25) is 0 Å². The van der Waals surface area contributed by atoms with Crippen molar-refractivity contribution >= 4 is 28.5 Å². The first-order valence-electron chi connectivity index (χ1n) is 10.2. The van der Waals surface area contributed by atoms with Gasteiger partial charge in [-0.1, -0.05) is 13.8 Å². The summed E-state index contributed by atoms with van der Waals surface area (Å²) >= 11 is 0. The lowest BCUT2D eigenvalue weighted by molar-refractivity contribution is -0.153. The number of fused-ring (bicyclic) bond motifs is 1. The summed E-state index contributed by atoms with van der Waals surface area (Å²) in [6.45, 7) is 8.36. The highest BCUT2D eigenvalue weighted by Gasteiger charge is 2.17. The number of ether oxygens (including phenoxy) is 3. The number of hydrogen-bond acceptors (Lipinski definition) is 5. The molecule has 2 aromatic carbocycles. The second-order valence-electron chi connectivity index (χ2n) is 7.73. The highest BCUT2D eigenvalue weighted by atomic mass is 16.6. The first kappa shape index (κ1) is 22.4. The number of nitrogens with one attached hydrogen (secondary N) is 2. The minimum Gasteiger partial charge on any atom is -0.457 e. The fourth-order valence-electron chi connectivity index (χ4n) is 3.43. The third-order valence-electron chi connectivity index (χ3n) is 4.95. The van der Waals surface area contributed by atoms with Crippen molar-refractivity contribution in [2.45, 2.75) is 33.6 Å². The van der Waals surface area contributed by atoms with E-state index in [2.05, 4.69) is 24.1 Å². The molecule has 0 aliphatic carbocycles. The SMILES string of the molecule is COCCOC(=O)C(=O)Nc1cc(C)c(Oc2ccc3[nH]cc(C(C)C)c3c2)c(C)c1. The summed E-state index contributed by atoms with van der Waals surface area (Å²) in [4.78, 5) is 27.1. The average molecular weight is 424 g/mol. The molecule has 0 spiro atoms. The number of H-pyrrole nitrogens is 1. The predicted octanol–water partition coefficient (Wildman–Crippen LogP) is 4.83. The number of aromatic amines is 1. The van der Waals surface area contributed by atoms with Gasteiger partial charge in [0.1, 0.15) is 18.1 Å². The van der Waals surface area contributed by atoms with Gasteiger partial charge >= 0.3 is 11.9 Å². The van der Waals surface area contributed by atoms with E-state index in [0.29, 0.717) is 17.4 Å². The maximum Gasteiger partial charge on any atom is 0.397 e. The molecule has 31 heavy (non-hydrogen) atoms. The maximum atomic E-state index is 12.0. The Morgan fingerprint density at radius 1 is 1.06 bits per heavy atom. The summed E-state index contributed by atoms with van der Waals surface area (Å²) in [7, 11) is 1.49. The summed E-state index contributed by atoms with van der Waals surface area (Å²) in [6, 6.07) is 9.48. The van der Waals surface area contributed by atoms with Gasteiger partial charge < -0.3 is 24.5 Å². The number of rotatable bonds is 7. The zero-order chi connectivity index (χ0) is 22.5. The smallest absolute Gasteiger partial charge is 0.397 e. The van der Waals surface area contributed by atoms with Crippen LogP contribution in [0, 0.1) is 13.8 Å². The minimum atomic E-state index is -0.951. The molecule has 0 fully saturated rings. The molecule has 0 unspecified atom stereocenters. The summed E-state index contributed by atoms with van der Waals surface area (Å²) in [5, 5.41) is 3.71. The highest BCUT2D eigenvalue weighted by Crippen LogP contribution is 2.34. The van der Waals surface area contributed by atoms with Crippen molar-refractivity contribution < 1.29 is 23.8 Å². The van der Waals surface area contributed by atoms with Crippen molar-refractivity contribution in [3.05, 3.63) is 53.2 Å². The molecule has 2 N–H and O–H groups in total. The van der Waals surface area contributed by atoms with Crippen molar-refractivity contribution in [2.24, 2.45) is 0 Å². The van der Waals surface area contributed by atoms with Gasteiger partial charge in [0.2, 0.25) is 0 Å². The van der Waals surface area contributed by atoms with E-state index in [1.165, 1.54) is 12.7 Å². The molecular weight excluding hydrogens is 396 g/mol. The van der Waals surface area contributed by atoms with Gasteiger partial charge in [-0.3, -0.25) is 4.79 Å². The molecule has 7 nitrogen and oxygen atoms in total. The van der Waals surface area contributed by atoms with Gasteiger partial charge in [-0.05, 0) is 66.8 Å². The molecule has 0 saturated carbocycles. The Bertz CT molecular complexity index is 1080. The van der Waals surface area contributed by atoms with Crippen LogP contribution in [-0.4, -0.2) is 37.2 Å². The van der Waals surface area contributed by atoms with Crippen LogP contribution >= 0.6 is 0 Å². The third-order valence-corrected chi connectivity index (χ3v) is 4.95. The van der Waals surface area contributed by atoms with Gasteiger partial charge in [0.05, 0.1) is 6.61 Å². The summed E-state index contributed by atoms with van der Waals surface area (Å²) in [6.07, 6.45) is 2.04. The molecule has 0 saturated heterocycles. The largest absolute Gasteiger partial charge is 0.457 e. The average Bonchev–Trinajstić information content (AvgIpc) is 3.14. The molecule has 0 aliphatic rings. The van der Waals surface area contributed by atoms with E-state index in [1.807, 2.05) is 38.2 Å². The second-order valence-corrected chi connectivity index (χ2v) is 7.73. The van der Waals surface area contributed by atoms with Crippen LogP contribution in [0.25, 0.3) is 10.9 Å². The van der Waals surface area contributed by atoms with Crippen LogP contribution in [0.3, 0.4) is 0 Å². The van der Waals surface area contributed by atoms with Crippen molar-refractivity contribution in [1.82, 2.24) is 4.98 Å². The first-order chi connectivity index (χ1) is 14.8. The number of esters is 1. The molecule has 1 aromatic heterocycles. The Morgan fingerprint density at radius 3 is 2.42 bits per heavy atom. The molecule has 0 radical (unpaired) electrons. The lowest BCUT2D eigenvalue weighted by Crippen LogP contribution is -2.26. The number of carbonyl (C=O) groups excluding carboxylic acids is 2. The Balaban J connectivity index is 1.76. The Kier molecular flexibility index (Phi) is 6.97. The van der Waals surface area contributed by atoms with Gasteiger partial charge in [-0.25, -0.2) is 4.79 Å². The molecular formula is C24H28N2O5. The zero-order valence-electron chi connectivity index (χ0n) is 18.5. The van der Waals surface area contributed by atoms with Gasteiger partial charge in [0, 0.05) is 29.9 Å². The Labute approximate surface area is 181 Å². The summed E-state index contributed by atoms with van der Waals surface area (Å²) < 4.78 is 15.8. The van der Waals surface area contributed by atoms with Gasteiger partial charge in [-0.2, -0.15) is 0 Å². The monoisotopic (exact) mass is 424 g/mol. The molecule has 0 atom stereocenters. The van der Waals surface area contributed by atoms with E-state index in [9.17, 15) is 9.59 Å². The Morgan fingerprint density at radius 2 is 1.77 bits per heavy atom. The van der Waals surface area contributed by atoms with Crippen LogP contribution in [0.5, 0.6) is 11.5 Å². The lowest BCUT2D eigenvalue weighted by Gasteiger charge is -2.15. The molecule has 164 valence electrons. The topological polar surface area (TPSA) is 89.7 Å². The number of carbonyl (C=O) groups is 2. The van der Waals surface area contributed by atoms with E-state index in [1.54, 1.807) is 12.1 Å². The predicted molar refractivity (Wildman–Crippen MR) is 120 cm³/mol. The van der Waals surface area contributed by atoms with Gasteiger partial charge in [-0.15, -0.1) is 0 Å². The van der Waals surface area contributed by atoms with E-state index >= 15 is 0 Å². The standard InChI is InChI=1S/C24H28N2O5/c1-14(2)20-13-25-21-7-6-18(12-19(20)21)31-22-15(3)10-17(11-16(22)4)26-23(27)24(28)30-9-8-29-5/h6-7,10-14,25H,8-9H2,1-5H3,(H,26,27). The summed E-state index contributed by atoms with van der Waals surface area (Å²) in [5.74, 6) is 0.0630. The van der Waals surface area contributed by atoms with Crippen molar-refractivity contribution in [1.29, 1.82) is 0 Å².